The molecule has 0 atom stereocenters. The van der Waals surface area contributed by atoms with Crippen molar-refractivity contribution in [1.82, 2.24) is 4.98 Å². The molecule has 0 saturated carbocycles. The van der Waals surface area contributed by atoms with Crippen LogP contribution >= 0.6 is 0 Å². The molecule has 1 aromatic heterocycles. The number of hydrogen-bond donors (Lipinski definition) is 1. The zero-order chi connectivity index (χ0) is 19.2. The fourth-order valence-electron chi connectivity index (χ4n) is 2.17. The van der Waals surface area contributed by atoms with Crippen molar-refractivity contribution in [2.24, 2.45) is 0 Å². The van der Waals surface area contributed by atoms with E-state index in [4.69, 9.17) is 4.74 Å². The van der Waals surface area contributed by atoms with Crippen LogP contribution < -0.4 is 10.1 Å². The minimum atomic E-state index is -1.07. The van der Waals surface area contributed by atoms with Crippen molar-refractivity contribution < 1.29 is 22.7 Å². The summed E-state index contributed by atoms with van der Waals surface area (Å²) in [6.07, 6.45) is 5.56. The molecule has 0 spiro atoms. The van der Waals surface area contributed by atoms with Crippen molar-refractivity contribution in [3.8, 4) is 11.5 Å². The number of nitrogens with zero attached hydrogens (tertiary/aromatic N) is 1. The van der Waals surface area contributed by atoms with Gasteiger partial charge in [0.1, 0.15) is 5.75 Å². The van der Waals surface area contributed by atoms with Crippen molar-refractivity contribution in [1.29, 1.82) is 0 Å². The topological polar surface area (TPSA) is 51.2 Å². The molecule has 0 aliphatic carbocycles. The van der Waals surface area contributed by atoms with E-state index in [1.165, 1.54) is 30.5 Å². The van der Waals surface area contributed by atoms with Crippen LogP contribution in [0.3, 0.4) is 0 Å². The van der Waals surface area contributed by atoms with Gasteiger partial charge in [0.15, 0.2) is 23.2 Å². The van der Waals surface area contributed by atoms with Crippen molar-refractivity contribution in [3.63, 3.8) is 0 Å². The van der Waals surface area contributed by atoms with Crippen molar-refractivity contribution >= 4 is 17.7 Å². The van der Waals surface area contributed by atoms with E-state index in [-0.39, 0.29) is 11.4 Å². The summed E-state index contributed by atoms with van der Waals surface area (Å²) in [5, 5.41) is 2.38. The van der Waals surface area contributed by atoms with Gasteiger partial charge in [0.25, 0.3) is 0 Å². The minimum absolute atomic E-state index is 0.0198. The molecule has 0 aliphatic heterocycles. The summed E-state index contributed by atoms with van der Waals surface area (Å²) in [4.78, 5) is 15.7. The predicted molar refractivity (Wildman–Crippen MR) is 94.7 cm³/mol. The largest absolute Gasteiger partial charge is 0.453 e. The smallest absolute Gasteiger partial charge is 0.248 e. The highest BCUT2D eigenvalue weighted by molar-refractivity contribution is 6.01. The molecule has 2 aromatic carbocycles. The van der Waals surface area contributed by atoms with Crippen LogP contribution in [0.2, 0.25) is 0 Å². The summed E-state index contributed by atoms with van der Waals surface area (Å²) >= 11 is 0. The molecule has 0 aliphatic rings. The van der Waals surface area contributed by atoms with Gasteiger partial charge in [-0.1, -0.05) is 6.07 Å². The molecular formula is C20H13F3N2O2. The number of pyridine rings is 1. The second-order valence-corrected chi connectivity index (χ2v) is 5.43. The number of ether oxygens (including phenoxy) is 1. The number of nitrogens with one attached hydrogen (secondary N) is 1. The molecule has 1 amide bonds. The fourth-order valence-corrected chi connectivity index (χ4v) is 2.17. The summed E-state index contributed by atoms with van der Waals surface area (Å²) in [5.74, 6) is -2.84. The summed E-state index contributed by atoms with van der Waals surface area (Å²) in [7, 11) is 0. The third-order valence-corrected chi connectivity index (χ3v) is 3.43. The molecule has 7 heteroatoms. The number of aromatic nitrogens is 1. The maximum Gasteiger partial charge on any atom is 0.248 e. The molecule has 3 rings (SSSR count). The summed E-state index contributed by atoms with van der Waals surface area (Å²) < 4.78 is 45.5. The normalized spacial score (nSPS) is 10.8. The lowest BCUT2D eigenvalue weighted by Gasteiger charge is -2.06. The highest BCUT2D eigenvalue weighted by Gasteiger charge is 2.07. The van der Waals surface area contributed by atoms with E-state index in [1.54, 1.807) is 24.4 Å². The van der Waals surface area contributed by atoms with E-state index in [2.05, 4.69) is 10.3 Å². The lowest BCUT2D eigenvalue weighted by molar-refractivity contribution is -0.111. The summed E-state index contributed by atoms with van der Waals surface area (Å²) in [5.41, 5.74) is 0.529. The maximum absolute atomic E-state index is 14.1. The first-order valence-electron chi connectivity index (χ1n) is 7.83. The van der Waals surface area contributed by atoms with Crippen molar-refractivity contribution in [2.45, 2.75) is 0 Å². The van der Waals surface area contributed by atoms with Crippen LogP contribution in [0.25, 0.3) is 6.08 Å². The standard InChI is InChI=1S/C20H13F3N2O2/c21-16-6-5-14(11-17(16)22)25-20(26)8-4-13-3-7-19(18(23)10-13)27-15-2-1-9-24-12-15/h1-12H,(H,25,26)/b8-4+. The molecular weight excluding hydrogens is 357 g/mol. The van der Waals surface area contributed by atoms with Crippen molar-refractivity contribution in [2.75, 3.05) is 5.32 Å². The fraction of sp³-hybridized carbons (Fsp3) is 0. The Bertz CT molecular complexity index is 992. The van der Waals surface area contributed by atoms with Gasteiger partial charge in [-0.05, 0) is 48.0 Å². The zero-order valence-electron chi connectivity index (χ0n) is 13.8. The lowest BCUT2D eigenvalue weighted by Crippen LogP contribution is -2.08. The van der Waals surface area contributed by atoms with Crippen LogP contribution in [0.5, 0.6) is 11.5 Å². The number of anilines is 1. The first-order chi connectivity index (χ1) is 13.0. The third kappa shape index (κ3) is 4.94. The monoisotopic (exact) mass is 370 g/mol. The van der Waals surface area contributed by atoms with Crippen molar-refractivity contribution in [3.05, 3.63) is 90.0 Å². The zero-order valence-corrected chi connectivity index (χ0v) is 13.8. The van der Waals surface area contributed by atoms with Crippen LogP contribution in [0.1, 0.15) is 5.56 Å². The summed E-state index contributed by atoms with van der Waals surface area (Å²) in [6.45, 7) is 0. The number of amides is 1. The van der Waals surface area contributed by atoms with Gasteiger partial charge in [-0.15, -0.1) is 0 Å². The Kier molecular flexibility index (Phi) is 5.51. The first kappa shape index (κ1) is 18.2. The van der Waals surface area contributed by atoms with Crippen LogP contribution in [-0.2, 0) is 4.79 Å². The third-order valence-electron chi connectivity index (χ3n) is 3.43. The average molecular weight is 370 g/mol. The SMILES string of the molecule is O=C(/C=C/c1ccc(Oc2cccnc2)c(F)c1)Nc1ccc(F)c(F)c1. The molecule has 0 unspecified atom stereocenters. The van der Waals surface area contributed by atoms with Gasteiger partial charge < -0.3 is 10.1 Å². The Balaban J connectivity index is 1.65. The van der Waals surface area contributed by atoms with Crippen LogP contribution in [0.4, 0.5) is 18.9 Å². The van der Waals surface area contributed by atoms with Gasteiger partial charge in [0.05, 0.1) is 6.20 Å². The second-order valence-electron chi connectivity index (χ2n) is 5.43. The molecule has 0 fully saturated rings. The average Bonchev–Trinajstić information content (AvgIpc) is 2.66. The number of carbonyl (C=O) groups excluding carboxylic acids is 1. The molecule has 27 heavy (non-hydrogen) atoms. The summed E-state index contributed by atoms with van der Waals surface area (Å²) in [6, 6.07) is 10.5. The minimum Gasteiger partial charge on any atom is -0.453 e. The second kappa shape index (κ2) is 8.18. The number of benzene rings is 2. The molecule has 136 valence electrons. The van der Waals surface area contributed by atoms with E-state index in [1.807, 2.05) is 0 Å². The molecule has 1 heterocycles. The van der Waals surface area contributed by atoms with Gasteiger partial charge in [0.2, 0.25) is 5.91 Å². The van der Waals surface area contributed by atoms with E-state index in [0.29, 0.717) is 11.3 Å². The molecule has 4 nitrogen and oxygen atoms in total. The van der Waals surface area contributed by atoms with E-state index in [0.717, 1.165) is 18.2 Å². The predicted octanol–water partition coefficient (Wildman–Crippen LogP) is 4.94. The Hall–Kier alpha value is -3.61. The number of hydrogen-bond acceptors (Lipinski definition) is 3. The van der Waals surface area contributed by atoms with Crippen LogP contribution in [0.15, 0.2) is 67.0 Å². The van der Waals surface area contributed by atoms with E-state index >= 15 is 0 Å². The maximum atomic E-state index is 14.1. The highest BCUT2D eigenvalue weighted by atomic mass is 19.2. The molecule has 0 radical (unpaired) electrons. The van der Waals surface area contributed by atoms with Gasteiger partial charge in [-0.2, -0.15) is 0 Å². The van der Waals surface area contributed by atoms with Gasteiger partial charge in [-0.3, -0.25) is 9.78 Å². The highest BCUT2D eigenvalue weighted by Crippen LogP contribution is 2.24. The first-order valence-corrected chi connectivity index (χ1v) is 7.83. The van der Waals surface area contributed by atoms with E-state index < -0.39 is 23.4 Å². The quantitative estimate of drug-likeness (QED) is 0.647. The molecule has 3 aromatic rings. The van der Waals surface area contributed by atoms with Gasteiger partial charge in [0, 0.05) is 24.0 Å². The molecule has 0 saturated heterocycles. The number of carbonyl (C=O) groups is 1. The molecule has 0 bridgehead atoms. The van der Waals surface area contributed by atoms with E-state index in [9.17, 15) is 18.0 Å². The Morgan fingerprint density at radius 3 is 2.56 bits per heavy atom. The lowest BCUT2D eigenvalue weighted by atomic mass is 10.2. The van der Waals surface area contributed by atoms with Crippen LogP contribution in [-0.4, -0.2) is 10.9 Å². The number of rotatable bonds is 5. The Morgan fingerprint density at radius 1 is 1.00 bits per heavy atom. The Labute approximate surface area is 152 Å². The van der Waals surface area contributed by atoms with Gasteiger partial charge in [-0.25, -0.2) is 13.2 Å². The molecule has 1 N–H and O–H groups in total. The van der Waals surface area contributed by atoms with Gasteiger partial charge >= 0.3 is 0 Å². The van der Waals surface area contributed by atoms with Crippen LogP contribution in [0, 0.1) is 17.5 Å². The Morgan fingerprint density at radius 2 is 1.85 bits per heavy atom. The number of halogens is 3.